The van der Waals surface area contributed by atoms with Crippen LogP contribution in [0.5, 0.6) is 0 Å². The third-order valence-electron chi connectivity index (χ3n) is 3.75. The summed E-state index contributed by atoms with van der Waals surface area (Å²) in [4.78, 5) is 14.1. The monoisotopic (exact) mass is 248 g/mol. The molecule has 5 nitrogen and oxygen atoms in total. The van der Waals surface area contributed by atoms with Crippen molar-refractivity contribution in [1.82, 2.24) is 10.4 Å². The molecule has 0 aliphatic carbocycles. The minimum Gasteiger partial charge on any atom is -0.375 e. The highest BCUT2D eigenvalue weighted by atomic mass is 16.5. The van der Waals surface area contributed by atoms with E-state index in [4.69, 9.17) is 9.94 Å². The molecule has 0 saturated carbocycles. The predicted molar refractivity (Wildman–Crippen MR) is 64.0 cm³/mol. The Hall–Kier alpha value is -1.43. The highest BCUT2D eigenvalue weighted by molar-refractivity contribution is 5.82. The van der Waals surface area contributed by atoms with E-state index in [2.05, 4.69) is 4.90 Å². The van der Waals surface area contributed by atoms with Crippen molar-refractivity contribution in [3.63, 3.8) is 0 Å². The van der Waals surface area contributed by atoms with Gasteiger partial charge < -0.3 is 4.74 Å². The first-order valence-electron chi connectivity index (χ1n) is 6.16. The van der Waals surface area contributed by atoms with Crippen LogP contribution in [0.25, 0.3) is 0 Å². The maximum atomic E-state index is 11.9. The number of likely N-dealkylation sites (tertiary alicyclic amines) is 1. The molecule has 0 spiro atoms. The summed E-state index contributed by atoms with van der Waals surface area (Å²) < 4.78 is 5.55. The fourth-order valence-electron chi connectivity index (χ4n) is 2.94. The van der Waals surface area contributed by atoms with Crippen LogP contribution in [0, 0.1) is 0 Å². The van der Waals surface area contributed by atoms with E-state index in [9.17, 15) is 4.79 Å². The summed E-state index contributed by atoms with van der Waals surface area (Å²) >= 11 is 0. The van der Waals surface area contributed by atoms with Gasteiger partial charge in [-0.05, 0) is 12.0 Å². The molecular formula is C13H16N2O3. The van der Waals surface area contributed by atoms with Crippen LogP contribution in [0.3, 0.4) is 0 Å². The fourth-order valence-corrected chi connectivity index (χ4v) is 2.94. The van der Waals surface area contributed by atoms with Crippen molar-refractivity contribution in [2.75, 3.05) is 13.2 Å². The average molecular weight is 248 g/mol. The van der Waals surface area contributed by atoms with Crippen LogP contribution in [-0.2, 0) is 9.53 Å². The molecule has 18 heavy (non-hydrogen) atoms. The Morgan fingerprint density at radius 1 is 1.44 bits per heavy atom. The molecule has 1 aromatic rings. The zero-order valence-corrected chi connectivity index (χ0v) is 9.95. The maximum absolute atomic E-state index is 11.9. The van der Waals surface area contributed by atoms with E-state index in [0.717, 1.165) is 18.5 Å². The van der Waals surface area contributed by atoms with E-state index in [1.54, 1.807) is 5.48 Å². The van der Waals surface area contributed by atoms with Gasteiger partial charge >= 0.3 is 0 Å². The molecule has 0 aromatic heterocycles. The summed E-state index contributed by atoms with van der Waals surface area (Å²) in [6.45, 7) is 1.42. The van der Waals surface area contributed by atoms with Crippen LogP contribution in [0.2, 0.25) is 0 Å². The summed E-state index contributed by atoms with van der Waals surface area (Å²) in [5, 5.41) is 8.94. The zero-order chi connectivity index (χ0) is 12.5. The van der Waals surface area contributed by atoms with Crippen molar-refractivity contribution in [3.05, 3.63) is 35.9 Å². The maximum Gasteiger partial charge on any atom is 0.265 e. The first kappa shape index (κ1) is 11.6. The Labute approximate surface area is 105 Å². The molecule has 3 rings (SSSR count). The minimum atomic E-state index is -0.435. The lowest BCUT2D eigenvalue weighted by atomic mass is 10.0. The topological polar surface area (TPSA) is 61.8 Å². The number of ether oxygens (including phenoxy) is 1. The lowest BCUT2D eigenvalue weighted by Gasteiger charge is -2.33. The number of hydrogen-bond acceptors (Lipinski definition) is 4. The number of morpholine rings is 1. The van der Waals surface area contributed by atoms with Crippen molar-refractivity contribution in [2.24, 2.45) is 0 Å². The summed E-state index contributed by atoms with van der Waals surface area (Å²) in [6, 6.07) is 9.37. The van der Waals surface area contributed by atoms with Crippen molar-refractivity contribution in [2.45, 2.75) is 24.6 Å². The fraction of sp³-hybridized carbons (Fsp3) is 0.462. The van der Waals surface area contributed by atoms with Gasteiger partial charge in [-0.15, -0.1) is 0 Å². The van der Waals surface area contributed by atoms with Gasteiger partial charge in [0.05, 0.1) is 12.7 Å². The van der Waals surface area contributed by atoms with Crippen LogP contribution in [-0.4, -0.2) is 41.3 Å². The molecule has 3 atom stereocenters. The van der Waals surface area contributed by atoms with Gasteiger partial charge in [0.15, 0.2) is 0 Å². The number of fused-ring (bicyclic) bond motifs is 2. The molecule has 2 aliphatic rings. The Morgan fingerprint density at radius 2 is 2.22 bits per heavy atom. The molecule has 2 fully saturated rings. The van der Waals surface area contributed by atoms with E-state index >= 15 is 0 Å². The van der Waals surface area contributed by atoms with E-state index in [1.165, 1.54) is 0 Å². The van der Waals surface area contributed by atoms with E-state index in [-0.39, 0.29) is 18.1 Å². The zero-order valence-electron chi connectivity index (χ0n) is 9.95. The molecule has 2 heterocycles. The second-order valence-electron chi connectivity index (χ2n) is 4.83. The Bertz CT molecular complexity index is 437. The second kappa shape index (κ2) is 4.68. The van der Waals surface area contributed by atoms with Crippen LogP contribution in [0.1, 0.15) is 18.0 Å². The molecule has 1 amide bonds. The van der Waals surface area contributed by atoms with Crippen LogP contribution in [0.15, 0.2) is 30.3 Å². The SMILES string of the molecule is O=C(NO)C(c1ccccc1)N1CC2CC1CO2. The number of carbonyl (C=O) groups is 1. The van der Waals surface area contributed by atoms with Crippen molar-refractivity contribution < 1.29 is 14.7 Å². The molecule has 96 valence electrons. The molecule has 2 aliphatic heterocycles. The van der Waals surface area contributed by atoms with Gasteiger partial charge in [0, 0.05) is 12.6 Å². The van der Waals surface area contributed by atoms with Crippen molar-refractivity contribution >= 4 is 5.91 Å². The predicted octanol–water partition coefficient (Wildman–Crippen LogP) is 0.706. The first-order chi connectivity index (χ1) is 8.79. The molecule has 1 aromatic carbocycles. The third-order valence-corrected chi connectivity index (χ3v) is 3.75. The number of nitrogens with one attached hydrogen (secondary N) is 1. The minimum absolute atomic E-state index is 0.229. The number of benzene rings is 1. The molecule has 0 radical (unpaired) electrons. The molecule has 3 unspecified atom stereocenters. The molecule has 2 bridgehead atoms. The van der Waals surface area contributed by atoms with Gasteiger partial charge in [-0.3, -0.25) is 14.9 Å². The Morgan fingerprint density at radius 3 is 2.78 bits per heavy atom. The molecule has 5 heteroatoms. The first-order valence-corrected chi connectivity index (χ1v) is 6.16. The average Bonchev–Trinajstić information content (AvgIpc) is 3.02. The number of carbonyl (C=O) groups excluding carboxylic acids is 1. The second-order valence-corrected chi connectivity index (χ2v) is 4.83. The third kappa shape index (κ3) is 1.90. The lowest BCUT2D eigenvalue weighted by molar-refractivity contribution is -0.137. The van der Waals surface area contributed by atoms with Crippen LogP contribution < -0.4 is 5.48 Å². The number of nitrogens with zero attached hydrogens (tertiary/aromatic N) is 1. The highest BCUT2D eigenvalue weighted by Gasteiger charge is 2.44. The largest absolute Gasteiger partial charge is 0.375 e. The quantitative estimate of drug-likeness (QED) is 0.611. The van der Waals surface area contributed by atoms with Gasteiger partial charge in [0.1, 0.15) is 6.04 Å². The van der Waals surface area contributed by atoms with Gasteiger partial charge in [-0.2, -0.15) is 0 Å². The summed E-state index contributed by atoms with van der Waals surface area (Å²) in [6.07, 6.45) is 1.20. The van der Waals surface area contributed by atoms with Crippen LogP contribution in [0.4, 0.5) is 0 Å². The smallest absolute Gasteiger partial charge is 0.265 e. The Kier molecular flexibility index (Phi) is 3.03. The van der Waals surface area contributed by atoms with Crippen LogP contribution >= 0.6 is 0 Å². The highest BCUT2D eigenvalue weighted by Crippen LogP contribution is 2.35. The van der Waals surface area contributed by atoms with Crippen molar-refractivity contribution in [1.29, 1.82) is 0 Å². The molecule has 2 N–H and O–H groups in total. The van der Waals surface area contributed by atoms with Crippen molar-refractivity contribution in [3.8, 4) is 0 Å². The van der Waals surface area contributed by atoms with Gasteiger partial charge in [0.25, 0.3) is 5.91 Å². The number of hydrogen-bond donors (Lipinski definition) is 2. The normalized spacial score (nSPS) is 28.3. The standard InChI is InChI=1S/C13H16N2O3/c16-13(14-17)12(9-4-2-1-3-5-9)15-7-11-6-10(15)8-18-11/h1-5,10-12,17H,6-8H2,(H,14,16). The molecule has 2 saturated heterocycles. The summed E-state index contributed by atoms with van der Waals surface area (Å²) in [5.74, 6) is -0.381. The number of amides is 1. The summed E-state index contributed by atoms with van der Waals surface area (Å²) in [7, 11) is 0. The van der Waals surface area contributed by atoms with Gasteiger partial charge in [-0.1, -0.05) is 30.3 Å². The Balaban J connectivity index is 1.89. The molecular weight excluding hydrogens is 232 g/mol. The van der Waals surface area contributed by atoms with E-state index in [0.29, 0.717) is 6.61 Å². The summed E-state index contributed by atoms with van der Waals surface area (Å²) in [5.41, 5.74) is 2.68. The number of hydroxylamine groups is 1. The van der Waals surface area contributed by atoms with E-state index < -0.39 is 6.04 Å². The number of rotatable bonds is 3. The van der Waals surface area contributed by atoms with Gasteiger partial charge in [-0.25, -0.2) is 5.48 Å². The lowest BCUT2D eigenvalue weighted by Crippen LogP contribution is -2.45. The van der Waals surface area contributed by atoms with E-state index in [1.807, 2.05) is 30.3 Å². The van der Waals surface area contributed by atoms with Gasteiger partial charge in [0.2, 0.25) is 0 Å².